The van der Waals surface area contributed by atoms with E-state index < -0.39 is 43.3 Å². The summed E-state index contributed by atoms with van der Waals surface area (Å²) >= 11 is 0. The van der Waals surface area contributed by atoms with Gasteiger partial charge in [0.2, 0.25) is 0 Å². The van der Waals surface area contributed by atoms with Gasteiger partial charge in [-0.25, -0.2) is 0 Å². The number of benzene rings is 2. The number of aryl methyl sites for hydroxylation is 1. The first-order valence-corrected chi connectivity index (χ1v) is 10.3. The molecule has 2 aromatic carbocycles. The Morgan fingerprint density at radius 1 is 0.774 bits per heavy atom. The monoisotopic (exact) mass is 424 g/mol. The lowest BCUT2D eigenvalue weighted by atomic mass is 10.0. The summed E-state index contributed by atoms with van der Waals surface area (Å²) in [5.74, 6) is 0. The van der Waals surface area contributed by atoms with Gasteiger partial charge in [-0.3, -0.25) is 0 Å². The van der Waals surface area contributed by atoms with Gasteiger partial charge in [0.25, 0.3) is 0 Å². The molecular weight excluding hydrogens is 396 g/mol. The van der Waals surface area contributed by atoms with E-state index in [1.54, 1.807) is 6.08 Å². The minimum atomic E-state index is -0.592. The van der Waals surface area contributed by atoms with Gasteiger partial charge in [0.15, 0.2) is 18.9 Å². The topological polar surface area (TPSA) is 66.4 Å². The molecule has 2 aromatic rings. The first-order chi connectivity index (χ1) is 15.2. The second-order valence-electron chi connectivity index (χ2n) is 7.61. The number of rotatable bonds is 4. The van der Waals surface area contributed by atoms with Crippen LogP contribution in [-0.4, -0.2) is 42.4 Å². The maximum atomic E-state index is 9.84. The lowest BCUT2D eigenvalue weighted by molar-refractivity contribution is -0.305. The molecule has 3 saturated heterocycles. The highest BCUT2D eigenvalue weighted by Gasteiger charge is 2.58. The zero-order valence-electron chi connectivity index (χ0n) is 17.6. The summed E-state index contributed by atoms with van der Waals surface area (Å²) < 4.78 is 30.4. The predicted octanol–water partition coefficient (Wildman–Crippen LogP) is 4.05. The average Bonchev–Trinajstić information content (AvgIpc) is 3.39. The highest BCUT2D eigenvalue weighted by Crippen LogP contribution is 2.45. The Bertz CT molecular complexity index is 880. The standard InChI is InChI=1S/C23H24O6.C2H4/c1-3-14-6-10-16(11-7-14)22-28-20-19-18(26-23(20)29-22)17(12-24)25-21(27-19)15-8-4-13(2)5-9-15;1-2/h3-11,17-24H,1,12H2,2H3;1-2H2. The lowest BCUT2D eigenvalue weighted by Crippen LogP contribution is -2.50. The van der Waals surface area contributed by atoms with Crippen molar-refractivity contribution in [2.24, 2.45) is 0 Å². The molecule has 3 heterocycles. The summed E-state index contributed by atoms with van der Waals surface area (Å²) in [6, 6.07) is 15.8. The van der Waals surface area contributed by atoms with Crippen LogP contribution in [0.2, 0.25) is 0 Å². The Balaban J connectivity index is 0.00000112. The van der Waals surface area contributed by atoms with E-state index in [9.17, 15) is 5.11 Å². The van der Waals surface area contributed by atoms with Gasteiger partial charge in [-0.2, -0.15) is 0 Å². The van der Waals surface area contributed by atoms with Crippen LogP contribution < -0.4 is 0 Å². The number of hydrogen-bond acceptors (Lipinski definition) is 6. The van der Waals surface area contributed by atoms with E-state index in [4.69, 9.17) is 23.7 Å². The summed E-state index contributed by atoms with van der Waals surface area (Å²) in [7, 11) is 0. The predicted molar refractivity (Wildman–Crippen MR) is 116 cm³/mol. The van der Waals surface area contributed by atoms with Gasteiger partial charge < -0.3 is 28.8 Å². The highest BCUT2D eigenvalue weighted by atomic mass is 16.8. The van der Waals surface area contributed by atoms with Crippen molar-refractivity contribution in [1.82, 2.24) is 0 Å². The van der Waals surface area contributed by atoms with Crippen LogP contribution in [0.25, 0.3) is 6.08 Å². The summed E-state index contributed by atoms with van der Waals surface area (Å²) in [5, 5.41) is 9.84. The van der Waals surface area contributed by atoms with E-state index in [0.29, 0.717) is 0 Å². The van der Waals surface area contributed by atoms with E-state index in [1.807, 2.05) is 55.5 Å². The number of ether oxygens (including phenoxy) is 5. The summed E-state index contributed by atoms with van der Waals surface area (Å²) in [5.41, 5.74) is 3.99. The van der Waals surface area contributed by atoms with Crippen LogP contribution in [0.5, 0.6) is 0 Å². The van der Waals surface area contributed by atoms with Crippen LogP contribution >= 0.6 is 0 Å². The van der Waals surface area contributed by atoms with Crippen molar-refractivity contribution < 1.29 is 28.8 Å². The van der Waals surface area contributed by atoms with Gasteiger partial charge in [-0.15, -0.1) is 13.2 Å². The zero-order chi connectivity index (χ0) is 22.0. The number of aliphatic hydroxyl groups is 1. The van der Waals surface area contributed by atoms with Gasteiger partial charge in [0, 0.05) is 11.1 Å². The fourth-order valence-corrected chi connectivity index (χ4v) is 4.04. The lowest BCUT2D eigenvalue weighted by Gasteiger charge is -2.38. The molecule has 0 aromatic heterocycles. The van der Waals surface area contributed by atoms with Crippen LogP contribution in [0.15, 0.2) is 68.3 Å². The van der Waals surface area contributed by atoms with Crippen molar-refractivity contribution in [2.45, 2.75) is 50.2 Å². The molecule has 0 saturated carbocycles. The molecule has 0 bridgehead atoms. The summed E-state index contributed by atoms with van der Waals surface area (Å²) in [4.78, 5) is 0. The first kappa shape index (κ1) is 21.9. The van der Waals surface area contributed by atoms with Crippen molar-refractivity contribution in [3.05, 3.63) is 90.5 Å². The van der Waals surface area contributed by atoms with Gasteiger partial charge in [-0.1, -0.05) is 66.7 Å². The van der Waals surface area contributed by atoms with Crippen LogP contribution in [-0.2, 0) is 23.7 Å². The van der Waals surface area contributed by atoms with E-state index in [2.05, 4.69) is 19.7 Å². The molecule has 3 fully saturated rings. The van der Waals surface area contributed by atoms with Crippen LogP contribution in [0.1, 0.15) is 34.8 Å². The number of aliphatic hydroxyl groups excluding tert-OH is 1. The molecule has 0 radical (unpaired) electrons. The highest BCUT2D eigenvalue weighted by molar-refractivity contribution is 5.47. The maximum Gasteiger partial charge on any atom is 0.190 e. The van der Waals surface area contributed by atoms with Crippen molar-refractivity contribution in [3.63, 3.8) is 0 Å². The molecule has 3 aliphatic heterocycles. The second kappa shape index (κ2) is 9.44. The Kier molecular flexibility index (Phi) is 6.67. The summed E-state index contributed by atoms with van der Waals surface area (Å²) in [6.07, 6.45) is -1.64. The molecule has 7 atom stereocenters. The molecule has 5 rings (SSSR count). The number of hydrogen-bond donors (Lipinski definition) is 1. The largest absolute Gasteiger partial charge is 0.394 e. The molecule has 0 amide bonds. The van der Waals surface area contributed by atoms with Crippen LogP contribution in [0, 0.1) is 6.92 Å². The summed E-state index contributed by atoms with van der Waals surface area (Å²) in [6.45, 7) is 11.6. The zero-order valence-corrected chi connectivity index (χ0v) is 17.6. The van der Waals surface area contributed by atoms with E-state index >= 15 is 0 Å². The van der Waals surface area contributed by atoms with Crippen LogP contribution in [0.4, 0.5) is 0 Å². The Morgan fingerprint density at radius 2 is 1.35 bits per heavy atom. The molecule has 164 valence electrons. The normalized spacial score (nSPS) is 33.7. The minimum Gasteiger partial charge on any atom is -0.394 e. The van der Waals surface area contributed by atoms with Crippen molar-refractivity contribution in [3.8, 4) is 0 Å². The average molecular weight is 424 g/mol. The Labute approximate surface area is 182 Å². The quantitative estimate of drug-likeness (QED) is 0.747. The molecule has 31 heavy (non-hydrogen) atoms. The molecule has 1 N–H and O–H groups in total. The van der Waals surface area contributed by atoms with Gasteiger partial charge in [0.1, 0.15) is 24.4 Å². The molecule has 0 aliphatic carbocycles. The molecule has 6 heteroatoms. The molecule has 0 spiro atoms. The first-order valence-electron chi connectivity index (χ1n) is 10.3. The SMILES string of the molecule is C=C.C=Cc1ccc(C2OC3OC4C(CO)OC(c5ccc(C)cc5)OC4C3O2)cc1. The van der Waals surface area contributed by atoms with E-state index in [1.165, 1.54) is 0 Å². The van der Waals surface area contributed by atoms with E-state index in [-0.39, 0.29) is 6.61 Å². The van der Waals surface area contributed by atoms with Gasteiger partial charge >= 0.3 is 0 Å². The third kappa shape index (κ3) is 4.23. The smallest absolute Gasteiger partial charge is 0.190 e. The fourth-order valence-electron chi connectivity index (χ4n) is 4.04. The van der Waals surface area contributed by atoms with Crippen LogP contribution in [0.3, 0.4) is 0 Å². The minimum absolute atomic E-state index is 0.168. The van der Waals surface area contributed by atoms with Crippen molar-refractivity contribution in [2.75, 3.05) is 6.61 Å². The van der Waals surface area contributed by atoms with Crippen molar-refractivity contribution >= 4 is 6.08 Å². The second-order valence-corrected chi connectivity index (χ2v) is 7.61. The van der Waals surface area contributed by atoms with E-state index in [0.717, 1.165) is 22.3 Å². The van der Waals surface area contributed by atoms with Crippen molar-refractivity contribution in [1.29, 1.82) is 0 Å². The number of fused-ring (bicyclic) bond motifs is 3. The molecular formula is C25H28O6. The molecule has 6 nitrogen and oxygen atoms in total. The molecule has 3 aliphatic rings. The third-order valence-electron chi connectivity index (χ3n) is 5.66. The third-order valence-corrected chi connectivity index (χ3v) is 5.66. The van der Waals surface area contributed by atoms with Gasteiger partial charge in [-0.05, 0) is 12.5 Å². The Hall–Kier alpha value is -2.32. The Morgan fingerprint density at radius 3 is 1.97 bits per heavy atom. The maximum absolute atomic E-state index is 9.84. The molecule has 7 unspecified atom stereocenters. The fraction of sp³-hybridized carbons (Fsp3) is 0.360. The van der Waals surface area contributed by atoms with Gasteiger partial charge in [0.05, 0.1) is 6.61 Å².